The molecule has 0 aliphatic carbocycles. The first-order chi connectivity index (χ1) is 9.08. The lowest BCUT2D eigenvalue weighted by Gasteiger charge is -2.24. The van der Waals surface area contributed by atoms with Gasteiger partial charge in [-0.15, -0.1) is 11.3 Å². The molecule has 1 unspecified atom stereocenters. The highest BCUT2D eigenvalue weighted by Crippen LogP contribution is 2.17. The Bertz CT molecular complexity index is 551. The van der Waals surface area contributed by atoms with Gasteiger partial charge in [0.05, 0.1) is 0 Å². The maximum Gasteiger partial charge on any atom is 0.253 e. The number of nitrogens with zero attached hydrogens (tertiary/aromatic N) is 1. The summed E-state index contributed by atoms with van der Waals surface area (Å²) >= 11 is 1.70. The molecule has 0 fully saturated rings. The van der Waals surface area contributed by atoms with Gasteiger partial charge in [-0.3, -0.25) is 4.79 Å². The molecule has 1 amide bonds. The number of likely N-dealkylation sites (N-methyl/N-ethyl adjacent to an activating group) is 1. The SMILES string of the molecule is CC(Cc1cccs1)N(C)C(=O)c1cccc(O)c1. The number of carbonyl (C=O) groups excluding carboxylic acids is 1. The van der Waals surface area contributed by atoms with E-state index < -0.39 is 0 Å². The zero-order valence-electron chi connectivity index (χ0n) is 11.0. The molecule has 1 heterocycles. The number of amides is 1. The number of phenols is 1. The highest BCUT2D eigenvalue weighted by atomic mass is 32.1. The quantitative estimate of drug-likeness (QED) is 0.931. The summed E-state index contributed by atoms with van der Waals surface area (Å²) in [6.45, 7) is 2.03. The predicted octanol–water partition coefficient (Wildman–Crippen LogP) is 3.16. The summed E-state index contributed by atoms with van der Waals surface area (Å²) in [5, 5.41) is 11.5. The normalized spacial score (nSPS) is 12.1. The van der Waals surface area contributed by atoms with Gasteiger partial charge in [-0.25, -0.2) is 0 Å². The molecule has 2 aromatic rings. The van der Waals surface area contributed by atoms with E-state index in [9.17, 15) is 9.90 Å². The minimum atomic E-state index is -0.0695. The van der Waals surface area contributed by atoms with Crippen LogP contribution in [-0.2, 0) is 6.42 Å². The molecule has 1 atom stereocenters. The lowest BCUT2D eigenvalue weighted by Crippen LogP contribution is -2.36. The number of rotatable bonds is 4. The third-order valence-corrected chi connectivity index (χ3v) is 4.05. The number of hydrogen-bond donors (Lipinski definition) is 1. The van der Waals surface area contributed by atoms with E-state index in [1.807, 2.05) is 18.4 Å². The minimum absolute atomic E-state index is 0.0695. The largest absolute Gasteiger partial charge is 0.508 e. The summed E-state index contributed by atoms with van der Waals surface area (Å²) in [6, 6.07) is 10.7. The van der Waals surface area contributed by atoms with Crippen LogP contribution in [0.4, 0.5) is 0 Å². The van der Waals surface area contributed by atoms with Crippen molar-refractivity contribution in [2.45, 2.75) is 19.4 Å². The van der Waals surface area contributed by atoms with E-state index in [1.54, 1.807) is 41.5 Å². The molecule has 1 N–H and O–H groups in total. The predicted molar refractivity (Wildman–Crippen MR) is 77.7 cm³/mol. The molecule has 0 saturated heterocycles. The Morgan fingerprint density at radius 2 is 2.16 bits per heavy atom. The van der Waals surface area contributed by atoms with Crippen LogP contribution in [0, 0.1) is 0 Å². The van der Waals surface area contributed by atoms with Gasteiger partial charge >= 0.3 is 0 Å². The van der Waals surface area contributed by atoms with Crippen LogP contribution in [-0.4, -0.2) is 29.0 Å². The van der Waals surface area contributed by atoms with Crippen LogP contribution in [0.3, 0.4) is 0 Å². The zero-order valence-corrected chi connectivity index (χ0v) is 11.9. The summed E-state index contributed by atoms with van der Waals surface area (Å²) < 4.78 is 0. The van der Waals surface area contributed by atoms with Gasteiger partial charge < -0.3 is 10.0 Å². The first-order valence-corrected chi connectivity index (χ1v) is 7.04. The average Bonchev–Trinajstić information content (AvgIpc) is 2.89. The summed E-state index contributed by atoms with van der Waals surface area (Å²) in [5.41, 5.74) is 0.514. The van der Waals surface area contributed by atoms with Crippen LogP contribution >= 0.6 is 11.3 Å². The molecule has 3 nitrogen and oxygen atoms in total. The molecule has 19 heavy (non-hydrogen) atoms. The lowest BCUT2D eigenvalue weighted by atomic mass is 10.1. The van der Waals surface area contributed by atoms with Crippen LogP contribution in [0.1, 0.15) is 22.2 Å². The van der Waals surface area contributed by atoms with Crippen molar-refractivity contribution in [1.82, 2.24) is 4.90 Å². The number of hydrogen-bond acceptors (Lipinski definition) is 3. The maximum absolute atomic E-state index is 12.3. The Kier molecular flexibility index (Phi) is 4.22. The smallest absolute Gasteiger partial charge is 0.253 e. The van der Waals surface area contributed by atoms with E-state index in [4.69, 9.17) is 0 Å². The molecule has 0 bridgehead atoms. The molecule has 0 radical (unpaired) electrons. The second-order valence-electron chi connectivity index (χ2n) is 4.60. The number of benzene rings is 1. The minimum Gasteiger partial charge on any atom is -0.508 e. The molecule has 0 spiro atoms. The van der Waals surface area contributed by atoms with Crippen LogP contribution in [0.5, 0.6) is 5.75 Å². The van der Waals surface area contributed by atoms with Gasteiger partial charge in [0.1, 0.15) is 5.75 Å². The molecule has 0 aliphatic rings. The van der Waals surface area contributed by atoms with Gasteiger partial charge in [0.2, 0.25) is 0 Å². The van der Waals surface area contributed by atoms with E-state index >= 15 is 0 Å². The van der Waals surface area contributed by atoms with Crippen LogP contribution < -0.4 is 0 Å². The van der Waals surface area contributed by atoms with Gasteiger partial charge in [-0.05, 0) is 36.6 Å². The maximum atomic E-state index is 12.3. The lowest BCUT2D eigenvalue weighted by molar-refractivity contribution is 0.0743. The molecule has 1 aromatic heterocycles. The molecule has 100 valence electrons. The van der Waals surface area contributed by atoms with E-state index in [0.717, 1.165) is 6.42 Å². The Morgan fingerprint density at radius 3 is 2.79 bits per heavy atom. The number of carbonyl (C=O) groups is 1. The van der Waals surface area contributed by atoms with E-state index in [2.05, 4.69) is 6.07 Å². The fourth-order valence-electron chi connectivity index (χ4n) is 1.90. The van der Waals surface area contributed by atoms with Gasteiger partial charge in [0, 0.05) is 30.0 Å². The Balaban J connectivity index is 2.06. The topological polar surface area (TPSA) is 40.5 Å². The second kappa shape index (κ2) is 5.89. The molecule has 0 saturated carbocycles. The van der Waals surface area contributed by atoms with Crippen molar-refractivity contribution in [3.63, 3.8) is 0 Å². The summed E-state index contributed by atoms with van der Waals surface area (Å²) in [5.74, 6) is 0.0464. The van der Waals surface area contributed by atoms with Crippen molar-refractivity contribution in [1.29, 1.82) is 0 Å². The van der Waals surface area contributed by atoms with Crippen LogP contribution in [0.2, 0.25) is 0 Å². The van der Waals surface area contributed by atoms with Gasteiger partial charge in [0.15, 0.2) is 0 Å². The molecule has 4 heteroatoms. The Morgan fingerprint density at radius 1 is 1.37 bits per heavy atom. The van der Waals surface area contributed by atoms with E-state index in [0.29, 0.717) is 5.56 Å². The zero-order chi connectivity index (χ0) is 13.8. The van der Waals surface area contributed by atoms with Crippen LogP contribution in [0.25, 0.3) is 0 Å². The number of thiophene rings is 1. The first kappa shape index (κ1) is 13.6. The molecule has 2 rings (SSSR count). The molecule has 0 aliphatic heterocycles. The monoisotopic (exact) mass is 275 g/mol. The van der Waals surface area contributed by atoms with Crippen molar-refractivity contribution in [2.24, 2.45) is 0 Å². The van der Waals surface area contributed by atoms with Gasteiger partial charge in [0.25, 0.3) is 5.91 Å². The second-order valence-corrected chi connectivity index (χ2v) is 5.63. The summed E-state index contributed by atoms with van der Waals surface area (Å²) in [6.07, 6.45) is 0.846. The summed E-state index contributed by atoms with van der Waals surface area (Å²) in [4.78, 5) is 15.3. The highest BCUT2D eigenvalue weighted by Gasteiger charge is 2.18. The average molecular weight is 275 g/mol. The third kappa shape index (κ3) is 3.35. The van der Waals surface area contributed by atoms with E-state index in [-0.39, 0.29) is 17.7 Å². The fraction of sp³-hybridized carbons (Fsp3) is 0.267. The number of phenolic OH excluding ortho intramolecular Hbond substituents is 1. The van der Waals surface area contributed by atoms with Gasteiger partial charge in [-0.2, -0.15) is 0 Å². The van der Waals surface area contributed by atoms with Crippen LogP contribution in [0.15, 0.2) is 41.8 Å². The van der Waals surface area contributed by atoms with Crippen molar-refractivity contribution >= 4 is 17.2 Å². The van der Waals surface area contributed by atoms with Crippen molar-refractivity contribution in [3.05, 3.63) is 52.2 Å². The first-order valence-electron chi connectivity index (χ1n) is 6.16. The van der Waals surface area contributed by atoms with Crippen molar-refractivity contribution in [3.8, 4) is 5.75 Å². The fourth-order valence-corrected chi connectivity index (χ4v) is 2.73. The van der Waals surface area contributed by atoms with E-state index in [1.165, 1.54) is 10.9 Å². The molecular weight excluding hydrogens is 258 g/mol. The third-order valence-electron chi connectivity index (χ3n) is 3.15. The van der Waals surface area contributed by atoms with Crippen molar-refractivity contribution < 1.29 is 9.90 Å². The Labute approximate surface area is 117 Å². The molecular formula is C15H17NO2S. The number of aromatic hydroxyl groups is 1. The molecule has 1 aromatic carbocycles. The van der Waals surface area contributed by atoms with Gasteiger partial charge in [-0.1, -0.05) is 12.1 Å². The van der Waals surface area contributed by atoms with Crippen molar-refractivity contribution in [2.75, 3.05) is 7.05 Å². The summed E-state index contributed by atoms with van der Waals surface area (Å²) in [7, 11) is 1.80. The Hall–Kier alpha value is -1.81. The standard InChI is InChI=1S/C15H17NO2S/c1-11(9-14-7-4-8-19-14)16(2)15(18)12-5-3-6-13(17)10-12/h3-8,10-11,17H,9H2,1-2H3. The highest BCUT2D eigenvalue weighted by molar-refractivity contribution is 7.09.